The van der Waals surface area contributed by atoms with Crippen molar-refractivity contribution in [2.75, 3.05) is 13.1 Å². The summed E-state index contributed by atoms with van der Waals surface area (Å²) < 4.78 is 0. The van der Waals surface area contributed by atoms with E-state index in [0.29, 0.717) is 6.54 Å². The van der Waals surface area contributed by atoms with Crippen LogP contribution in [-0.4, -0.2) is 18.0 Å². The Morgan fingerprint density at radius 1 is 1.44 bits per heavy atom. The first-order valence-electron chi connectivity index (χ1n) is 5.45. The molecular weight excluding hydrogens is 196 g/mol. The van der Waals surface area contributed by atoms with Crippen molar-refractivity contribution in [3.8, 4) is 6.07 Å². The molecule has 0 aliphatic heterocycles. The lowest BCUT2D eigenvalue weighted by molar-refractivity contribution is 0.257. The molecule has 1 aromatic rings. The van der Waals surface area contributed by atoms with Crippen LogP contribution in [0.3, 0.4) is 0 Å². The van der Waals surface area contributed by atoms with Gasteiger partial charge in [-0.1, -0.05) is 42.5 Å². The van der Waals surface area contributed by atoms with Gasteiger partial charge in [0.1, 0.15) is 0 Å². The molecule has 84 valence electrons. The van der Waals surface area contributed by atoms with Gasteiger partial charge in [0, 0.05) is 12.6 Å². The summed E-state index contributed by atoms with van der Waals surface area (Å²) in [4.78, 5) is 2.12. The van der Waals surface area contributed by atoms with Gasteiger partial charge in [0.2, 0.25) is 0 Å². The summed E-state index contributed by atoms with van der Waals surface area (Å²) in [7, 11) is 0. The number of rotatable bonds is 5. The molecule has 2 nitrogen and oxygen atoms in total. The molecule has 1 rings (SSSR count). The van der Waals surface area contributed by atoms with Crippen molar-refractivity contribution in [3.05, 3.63) is 48.0 Å². The minimum absolute atomic E-state index is 0.248. The minimum Gasteiger partial charge on any atom is -0.280 e. The third kappa shape index (κ3) is 3.52. The number of benzene rings is 1. The number of nitriles is 1. The van der Waals surface area contributed by atoms with Crippen LogP contribution >= 0.6 is 0 Å². The Bertz CT molecular complexity index is 375. The lowest BCUT2D eigenvalue weighted by Crippen LogP contribution is -2.29. The maximum absolute atomic E-state index is 8.82. The fourth-order valence-electron chi connectivity index (χ4n) is 1.71. The maximum atomic E-state index is 8.82. The van der Waals surface area contributed by atoms with Crippen LogP contribution in [0.15, 0.2) is 42.5 Å². The summed E-state index contributed by atoms with van der Waals surface area (Å²) in [5.74, 6) is 0. The van der Waals surface area contributed by atoms with Gasteiger partial charge in [0.25, 0.3) is 0 Å². The van der Waals surface area contributed by atoms with Crippen LogP contribution < -0.4 is 0 Å². The molecule has 0 aliphatic rings. The quantitative estimate of drug-likeness (QED) is 0.556. The molecule has 16 heavy (non-hydrogen) atoms. The monoisotopic (exact) mass is 214 g/mol. The van der Waals surface area contributed by atoms with E-state index in [1.54, 1.807) is 0 Å². The Morgan fingerprint density at radius 2 is 2.06 bits per heavy atom. The standard InChI is InChI=1S/C14H18N2/c1-12(2)11-16(10-9-15)13(3)14-7-5-4-6-8-14/h4-8,13H,1,10-11H2,2-3H3/t13-/m1/s1. The van der Waals surface area contributed by atoms with Crippen LogP contribution in [0.2, 0.25) is 0 Å². The first kappa shape index (κ1) is 12.5. The number of nitrogens with zero attached hydrogens (tertiary/aromatic N) is 2. The normalized spacial score (nSPS) is 12.1. The number of hydrogen-bond acceptors (Lipinski definition) is 2. The summed E-state index contributed by atoms with van der Waals surface area (Å²) in [6.45, 7) is 9.21. The molecular formula is C14H18N2. The van der Waals surface area contributed by atoms with Crippen molar-refractivity contribution in [2.45, 2.75) is 19.9 Å². The van der Waals surface area contributed by atoms with Crippen molar-refractivity contribution in [3.63, 3.8) is 0 Å². The Labute approximate surface area is 97.8 Å². The Hall–Kier alpha value is -1.59. The molecule has 0 fully saturated rings. The molecule has 0 heterocycles. The lowest BCUT2D eigenvalue weighted by atomic mass is 10.1. The number of hydrogen-bond donors (Lipinski definition) is 0. The van der Waals surface area contributed by atoms with Crippen LogP contribution in [0.4, 0.5) is 0 Å². The van der Waals surface area contributed by atoms with Gasteiger partial charge >= 0.3 is 0 Å². The van der Waals surface area contributed by atoms with E-state index < -0.39 is 0 Å². The second kappa shape index (κ2) is 6.09. The highest BCUT2D eigenvalue weighted by atomic mass is 15.1. The molecule has 0 bridgehead atoms. The molecule has 0 aromatic heterocycles. The maximum Gasteiger partial charge on any atom is 0.0873 e. The van der Waals surface area contributed by atoms with Crippen LogP contribution in [-0.2, 0) is 0 Å². The van der Waals surface area contributed by atoms with E-state index in [-0.39, 0.29) is 6.04 Å². The fourth-order valence-corrected chi connectivity index (χ4v) is 1.71. The third-order valence-corrected chi connectivity index (χ3v) is 2.58. The van der Waals surface area contributed by atoms with Crippen molar-refractivity contribution >= 4 is 0 Å². The molecule has 0 radical (unpaired) electrons. The van der Waals surface area contributed by atoms with E-state index >= 15 is 0 Å². The highest BCUT2D eigenvalue weighted by Crippen LogP contribution is 2.19. The van der Waals surface area contributed by atoms with E-state index in [2.05, 4.69) is 36.6 Å². The van der Waals surface area contributed by atoms with E-state index in [9.17, 15) is 0 Å². The van der Waals surface area contributed by atoms with Crippen LogP contribution in [0.5, 0.6) is 0 Å². The third-order valence-electron chi connectivity index (χ3n) is 2.58. The molecule has 0 unspecified atom stereocenters. The second-order valence-electron chi connectivity index (χ2n) is 4.11. The van der Waals surface area contributed by atoms with Crippen molar-refractivity contribution in [1.29, 1.82) is 5.26 Å². The zero-order valence-electron chi connectivity index (χ0n) is 9.98. The molecule has 0 saturated carbocycles. The van der Waals surface area contributed by atoms with Gasteiger partial charge < -0.3 is 0 Å². The molecule has 0 N–H and O–H groups in total. The Morgan fingerprint density at radius 3 is 2.56 bits per heavy atom. The largest absolute Gasteiger partial charge is 0.280 e. The van der Waals surface area contributed by atoms with E-state index in [1.807, 2.05) is 25.1 Å². The van der Waals surface area contributed by atoms with E-state index in [1.165, 1.54) is 5.56 Å². The smallest absolute Gasteiger partial charge is 0.0873 e. The molecule has 0 aliphatic carbocycles. The lowest BCUT2D eigenvalue weighted by Gasteiger charge is -2.27. The molecule has 0 spiro atoms. The molecule has 1 atom stereocenters. The van der Waals surface area contributed by atoms with Gasteiger partial charge in [-0.15, -0.1) is 0 Å². The van der Waals surface area contributed by atoms with Gasteiger partial charge in [-0.25, -0.2) is 0 Å². The average molecular weight is 214 g/mol. The van der Waals surface area contributed by atoms with Gasteiger partial charge in [-0.3, -0.25) is 4.90 Å². The Balaban J connectivity index is 2.79. The highest BCUT2D eigenvalue weighted by molar-refractivity contribution is 5.19. The minimum atomic E-state index is 0.248. The van der Waals surface area contributed by atoms with Crippen molar-refractivity contribution < 1.29 is 0 Å². The van der Waals surface area contributed by atoms with E-state index in [4.69, 9.17) is 5.26 Å². The highest BCUT2D eigenvalue weighted by Gasteiger charge is 2.14. The van der Waals surface area contributed by atoms with Crippen LogP contribution in [0.1, 0.15) is 25.5 Å². The Kier molecular flexibility index (Phi) is 4.75. The van der Waals surface area contributed by atoms with E-state index in [0.717, 1.165) is 12.1 Å². The second-order valence-corrected chi connectivity index (χ2v) is 4.11. The first-order valence-corrected chi connectivity index (χ1v) is 5.45. The summed E-state index contributed by atoms with van der Waals surface area (Å²) in [6, 6.07) is 12.7. The van der Waals surface area contributed by atoms with Crippen LogP contribution in [0, 0.1) is 11.3 Å². The summed E-state index contributed by atoms with van der Waals surface area (Å²) in [5.41, 5.74) is 2.32. The summed E-state index contributed by atoms with van der Waals surface area (Å²) in [5, 5.41) is 8.82. The van der Waals surface area contributed by atoms with Gasteiger partial charge in [0.05, 0.1) is 12.6 Å². The summed E-state index contributed by atoms with van der Waals surface area (Å²) in [6.07, 6.45) is 0. The summed E-state index contributed by atoms with van der Waals surface area (Å²) >= 11 is 0. The SMILES string of the molecule is C=C(C)CN(CC#N)[C@H](C)c1ccccc1. The zero-order chi connectivity index (χ0) is 12.0. The van der Waals surface area contributed by atoms with Crippen molar-refractivity contribution in [1.82, 2.24) is 4.90 Å². The molecule has 1 aromatic carbocycles. The predicted octanol–water partition coefficient (Wildman–Crippen LogP) is 3.15. The topological polar surface area (TPSA) is 27.0 Å². The molecule has 0 amide bonds. The molecule has 2 heteroatoms. The molecule has 0 saturated heterocycles. The van der Waals surface area contributed by atoms with Gasteiger partial charge in [0.15, 0.2) is 0 Å². The predicted molar refractivity (Wildman–Crippen MR) is 66.9 cm³/mol. The fraction of sp³-hybridized carbons (Fsp3) is 0.357. The van der Waals surface area contributed by atoms with Crippen molar-refractivity contribution in [2.24, 2.45) is 0 Å². The van der Waals surface area contributed by atoms with Gasteiger partial charge in [-0.2, -0.15) is 5.26 Å². The van der Waals surface area contributed by atoms with Crippen LogP contribution in [0.25, 0.3) is 0 Å². The first-order chi connectivity index (χ1) is 7.65. The zero-order valence-corrected chi connectivity index (χ0v) is 9.98. The average Bonchev–Trinajstić information content (AvgIpc) is 2.28. The van der Waals surface area contributed by atoms with Gasteiger partial charge in [-0.05, 0) is 19.4 Å².